The number of carboxylic acids is 1. The molecular formula is C19H18N2O5. The lowest BCUT2D eigenvalue weighted by Crippen LogP contribution is -2.38. The topological polar surface area (TPSA) is 96.3 Å². The molecule has 3 aliphatic carbocycles. The van der Waals surface area contributed by atoms with Crippen LogP contribution in [0.15, 0.2) is 41.5 Å². The van der Waals surface area contributed by atoms with E-state index in [0.29, 0.717) is 11.3 Å². The number of imide groups is 1. The van der Waals surface area contributed by atoms with Crippen molar-refractivity contribution in [1.29, 1.82) is 0 Å². The largest absolute Gasteiger partial charge is 0.482 e. The number of hydrogen-bond acceptors (Lipinski definition) is 5. The number of hydrogen-bond donors (Lipinski definition) is 1. The number of amides is 2. The molecule has 1 saturated carbocycles. The Morgan fingerprint density at radius 3 is 2.19 bits per heavy atom. The number of carbonyl (C=O) groups excluding carboxylic acids is 2. The van der Waals surface area contributed by atoms with Gasteiger partial charge in [-0.15, -0.1) is 0 Å². The highest BCUT2D eigenvalue weighted by Gasteiger charge is 2.56. The molecule has 1 saturated heterocycles. The quantitative estimate of drug-likeness (QED) is 0.493. The van der Waals surface area contributed by atoms with Gasteiger partial charge in [-0.3, -0.25) is 9.59 Å². The van der Waals surface area contributed by atoms with E-state index in [0.717, 1.165) is 17.9 Å². The second-order valence-electron chi connectivity index (χ2n) is 6.83. The summed E-state index contributed by atoms with van der Waals surface area (Å²) in [6, 6.07) is 6.59. The average molecular weight is 354 g/mol. The normalized spacial score (nSPS) is 29.5. The molecule has 1 N–H and O–H groups in total. The Labute approximate surface area is 149 Å². The first-order chi connectivity index (χ1) is 12.5. The molecule has 1 aromatic rings. The van der Waals surface area contributed by atoms with Gasteiger partial charge in [-0.25, -0.2) is 4.79 Å². The Bertz CT molecular complexity index is 782. The van der Waals surface area contributed by atoms with Crippen LogP contribution in [-0.2, 0) is 14.4 Å². The number of rotatable bonds is 5. The monoisotopic (exact) mass is 354 g/mol. The second-order valence-corrected chi connectivity index (χ2v) is 6.83. The minimum Gasteiger partial charge on any atom is -0.482 e. The van der Waals surface area contributed by atoms with Gasteiger partial charge < -0.3 is 9.84 Å². The Hall–Kier alpha value is -2.96. The first-order valence-corrected chi connectivity index (χ1v) is 8.59. The van der Waals surface area contributed by atoms with Crippen LogP contribution in [0, 0.1) is 23.7 Å². The van der Waals surface area contributed by atoms with Crippen molar-refractivity contribution in [1.82, 2.24) is 5.01 Å². The van der Waals surface area contributed by atoms with Crippen LogP contribution < -0.4 is 4.74 Å². The third-order valence-corrected chi connectivity index (χ3v) is 5.30. The fourth-order valence-electron chi connectivity index (χ4n) is 4.09. The molecule has 1 heterocycles. The number of carboxylic acid groups (broad SMARTS) is 1. The molecule has 26 heavy (non-hydrogen) atoms. The summed E-state index contributed by atoms with van der Waals surface area (Å²) < 4.78 is 5.06. The maximum Gasteiger partial charge on any atom is 0.341 e. The fraction of sp³-hybridized carbons (Fsp3) is 0.368. The van der Waals surface area contributed by atoms with Crippen LogP contribution in [0.5, 0.6) is 5.75 Å². The lowest BCUT2D eigenvalue weighted by Gasteiger charge is -2.37. The first kappa shape index (κ1) is 16.5. The van der Waals surface area contributed by atoms with Gasteiger partial charge in [-0.1, -0.05) is 12.2 Å². The number of aliphatic carboxylic acids is 1. The number of hydrazone groups is 1. The van der Waals surface area contributed by atoms with E-state index in [9.17, 15) is 14.4 Å². The first-order valence-electron chi connectivity index (χ1n) is 8.59. The molecule has 134 valence electrons. The maximum atomic E-state index is 12.6. The zero-order valence-corrected chi connectivity index (χ0v) is 13.9. The molecule has 0 unspecified atom stereocenters. The van der Waals surface area contributed by atoms with Gasteiger partial charge >= 0.3 is 5.97 Å². The Balaban J connectivity index is 1.46. The van der Waals surface area contributed by atoms with Crippen LogP contribution in [0.2, 0.25) is 0 Å². The van der Waals surface area contributed by atoms with Crippen LogP contribution >= 0.6 is 0 Å². The number of carbonyl (C=O) groups is 3. The molecule has 0 radical (unpaired) electrons. The summed E-state index contributed by atoms with van der Waals surface area (Å²) in [5.74, 6) is -1.29. The smallest absolute Gasteiger partial charge is 0.341 e. The van der Waals surface area contributed by atoms with Crippen LogP contribution in [-0.4, -0.2) is 40.7 Å². The molecule has 0 spiro atoms. The Morgan fingerprint density at radius 2 is 1.69 bits per heavy atom. The van der Waals surface area contributed by atoms with Gasteiger partial charge in [0.2, 0.25) is 0 Å². The number of nitrogens with zero attached hydrogens (tertiary/aromatic N) is 2. The third-order valence-electron chi connectivity index (χ3n) is 5.30. The van der Waals surface area contributed by atoms with Crippen molar-refractivity contribution in [3.05, 3.63) is 42.0 Å². The van der Waals surface area contributed by atoms with E-state index in [2.05, 4.69) is 17.3 Å². The summed E-state index contributed by atoms with van der Waals surface area (Å²) in [5.41, 5.74) is 0.684. The molecule has 2 fully saturated rings. The second kappa shape index (κ2) is 6.40. The summed E-state index contributed by atoms with van der Waals surface area (Å²) >= 11 is 0. The standard InChI is InChI=1S/C19H18N2O5/c22-15(23)10-26-14-7-1-11(2-8-14)9-20-21-18(24)16-12-3-4-13(6-5-12)17(16)19(21)25/h1-4,7-9,12-13,16-17H,5-6,10H2,(H,22,23)/b20-9-/t12-,13-,16-,17-/m0/s1. The molecule has 7 heteroatoms. The Morgan fingerprint density at radius 1 is 1.12 bits per heavy atom. The molecule has 1 aliphatic heterocycles. The summed E-state index contributed by atoms with van der Waals surface area (Å²) in [7, 11) is 0. The highest BCUT2D eigenvalue weighted by molar-refractivity contribution is 6.06. The minimum atomic E-state index is -1.05. The van der Waals surface area contributed by atoms with Crippen molar-refractivity contribution in [2.75, 3.05) is 6.61 Å². The van der Waals surface area contributed by atoms with Gasteiger partial charge in [0.05, 0.1) is 18.1 Å². The van der Waals surface area contributed by atoms with E-state index in [1.54, 1.807) is 24.3 Å². The van der Waals surface area contributed by atoms with Gasteiger partial charge in [0.1, 0.15) is 5.75 Å². The highest BCUT2D eigenvalue weighted by atomic mass is 16.5. The third kappa shape index (κ3) is 2.79. The summed E-state index contributed by atoms with van der Waals surface area (Å²) in [5, 5.41) is 13.7. The molecule has 0 aromatic heterocycles. The molecule has 2 amide bonds. The van der Waals surface area contributed by atoms with Crippen LogP contribution in [0.3, 0.4) is 0 Å². The predicted octanol–water partition coefficient (Wildman–Crippen LogP) is 1.68. The summed E-state index contributed by atoms with van der Waals surface area (Å²) in [6.45, 7) is -0.413. The van der Waals surface area contributed by atoms with E-state index >= 15 is 0 Å². The molecule has 2 bridgehead atoms. The zero-order chi connectivity index (χ0) is 18.3. The molecule has 4 aliphatic rings. The molecule has 7 nitrogen and oxygen atoms in total. The number of fused-ring (bicyclic) bond motifs is 1. The fourth-order valence-corrected chi connectivity index (χ4v) is 4.09. The van der Waals surface area contributed by atoms with E-state index in [4.69, 9.17) is 9.84 Å². The van der Waals surface area contributed by atoms with Crippen molar-refractivity contribution in [2.24, 2.45) is 28.8 Å². The molecular weight excluding hydrogens is 336 g/mol. The van der Waals surface area contributed by atoms with Gasteiger partial charge in [0.15, 0.2) is 6.61 Å². The Kier molecular flexibility index (Phi) is 4.06. The molecule has 4 atom stereocenters. The highest BCUT2D eigenvalue weighted by Crippen LogP contribution is 2.49. The number of allylic oxidation sites excluding steroid dienone is 2. The van der Waals surface area contributed by atoms with E-state index in [1.807, 2.05) is 0 Å². The van der Waals surface area contributed by atoms with E-state index in [-0.39, 0.29) is 35.5 Å². The maximum absolute atomic E-state index is 12.6. The van der Waals surface area contributed by atoms with Gasteiger partial charge in [-0.05, 0) is 54.5 Å². The lowest BCUT2D eigenvalue weighted by molar-refractivity contribution is -0.140. The van der Waals surface area contributed by atoms with Crippen molar-refractivity contribution >= 4 is 24.0 Å². The van der Waals surface area contributed by atoms with Gasteiger partial charge in [0, 0.05) is 0 Å². The van der Waals surface area contributed by atoms with Gasteiger partial charge in [-0.2, -0.15) is 10.1 Å². The van der Waals surface area contributed by atoms with Crippen molar-refractivity contribution in [3.63, 3.8) is 0 Å². The SMILES string of the molecule is O=C(O)COc1ccc(/C=N\N2C(=O)[C@@H]3[C@@H](C2=O)[C@H]2C=C[C@H]3CC2)cc1. The zero-order valence-electron chi connectivity index (χ0n) is 13.9. The van der Waals surface area contributed by atoms with E-state index in [1.165, 1.54) is 6.21 Å². The number of benzene rings is 1. The average Bonchev–Trinajstić information content (AvgIpc) is 2.93. The van der Waals surface area contributed by atoms with Crippen LogP contribution in [0.4, 0.5) is 0 Å². The van der Waals surface area contributed by atoms with Crippen LogP contribution in [0.1, 0.15) is 18.4 Å². The van der Waals surface area contributed by atoms with E-state index < -0.39 is 12.6 Å². The lowest BCUT2D eigenvalue weighted by atomic mass is 9.63. The molecule has 5 rings (SSSR count). The van der Waals surface area contributed by atoms with Crippen molar-refractivity contribution in [3.8, 4) is 5.75 Å². The molecule has 1 aromatic carbocycles. The van der Waals surface area contributed by atoms with Crippen molar-refractivity contribution < 1.29 is 24.2 Å². The number of ether oxygens (including phenoxy) is 1. The minimum absolute atomic E-state index is 0.146. The summed E-state index contributed by atoms with van der Waals surface area (Å²) in [6.07, 6.45) is 7.52. The van der Waals surface area contributed by atoms with Crippen molar-refractivity contribution in [2.45, 2.75) is 12.8 Å². The summed E-state index contributed by atoms with van der Waals surface area (Å²) in [4.78, 5) is 35.8. The predicted molar refractivity (Wildman–Crippen MR) is 91.4 cm³/mol. The van der Waals surface area contributed by atoms with Crippen LogP contribution in [0.25, 0.3) is 0 Å². The van der Waals surface area contributed by atoms with Gasteiger partial charge in [0.25, 0.3) is 11.8 Å².